The summed E-state index contributed by atoms with van der Waals surface area (Å²) in [7, 11) is 0. The first-order chi connectivity index (χ1) is 38.5. The molecule has 0 fully saturated rings. The summed E-state index contributed by atoms with van der Waals surface area (Å²) in [6, 6.07) is 0. The van der Waals surface area contributed by atoms with Gasteiger partial charge >= 0.3 is 17.9 Å². The van der Waals surface area contributed by atoms with Gasteiger partial charge in [-0.25, -0.2) is 0 Å². The van der Waals surface area contributed by atoms with Crippen molar-refractivity contribution in [2.24, 2.45) is 0 Å². The molecule has 0 radical (unpaired) electrons. The molecule has 6 heteroatoms. The topological polar surface area (TPSA) is 78.9 Å². The molecule has 450 valence electrons. The molecule has 0 amide bonds. The van der Waals surface area contributed by atoms with Crippen molar-refractivity contribution < 1.29 is 28.6 Å². The maximum atomic E-state index is 12.9. The molecule has 0 saturated carbocycles. The van der Waals surface area contributed by atoms with E-state index in [4.69, 9.17) is 14.2 Å². The van der Waals surface area contributed by atoms with Crippen LogP contribution in [-0.4, -0.2) is 37.2 Å². The first-order valence-corrected chi connectivity index (χ1v) is 33.6. The number of hydrogen-bond donors (Lipinski definition) is 0. The van der Waals surface area contributed by atoms with Crippen molar-refractivity contribution in [3.63, 3.8) is 0 Å². The van der Waals surface area contributed by atoms with Crippen molar-refractivity contribution in [3.8, 4) is 0 Å². The van der Waals surface area contributed by atoms with E-state index < -0.39 is 6.10 Å². The SMILES string of the molecule is CC/C=C\C/C=C\C/C=C\C/C=C\CCCCCCCCCCCCCCCCCCC(=O)OCC(COC(=O)CCCCCCC/C=C\CCCCC)OC(=O)CCCCCCCCCCC/C=C\C/C=C\CCCCC. The van der Waals surface area contributed by atoms with Crippen LogP contribution in [0, 0.1) is 0 Å². The van der Waals surface area contributed by atoms with Gasteiger partial charge in [-0.2, -0.15) is 0 Å². The zero-order chi connectivity index (χ0) is 56.4. The normalized spacial score (nSPS) is 12.6. The number of allylic oxidation sites excluding steroid dienone is 14. The molecule has 0 heterocycles. The Morgan fingerprint density at radius 1 is 0.269 bits per heavy atom. The Balaban J connectivity index is 4.22. The Bertz CT molecular complexity index is 1480. The average molecular weight is 1090 g/mol. The molecule has 6 nitrogen and oxygen atoms in total. The summed E-state index contributed by atoms with van der Waals surface area (Å²) in [6.07, 6.45) is 87.4. The van der Waals surface area contributed by atoms with Crippen LogP contribution in [0.3, 0.4) is 0 Å². The standard InChI is InChI=1S/C72H126O6/c1-4-7-10-13-16-19-22-25-27-29-31-32-33-34-35-36-37-38-39-40-42-43-45-47-50-53-56-59-62-65-71(74)77-68-69(67-76-70(73)64-61-58-55-52-49-24-21-18-15-12-9-6-3)78-72(75)66-63-60-57-54-51-48-46-44-41-30-28-26-23-20-17-14-11-8-5-2/h7,10,16-21,25-28,31-32,69H,4-6,8-9,11-15,22-24,29-30,33-68H2,1-3H3/b10-7-,19-16-,20-17-,21-18-,27-25-,28-26-,32-31-. The summed E-state index contributed by atoms with van der Waals surface area (Å²) in [6.45, 7) is 6.51. The maximum Gasteiger partial charge on any atom is 0.306 e. The van der Waals surface area contributed by atoms with Crippen molar-refractivity contribution in [3.05, 3.63) is 85.1 Å². The van der Waals surface area contributed by atoms with Gasteiger partial charge in [-0.1, -0.05) is 286 Å². The van der Waals surface area contributed by atoms with Crippen LogP contribution in [0.4, 0.5) is 0 Å². The second-order valence-electron chi connectivity index (χ2n) is 22.3. The van der Waals surface area contributed by atoms with Crippen molar-refractivity contribution in [1.82, 2.24) is 0 Å². The first kappa shape index (κ1) is 74.6. The molecular weight excluding hydrogens is 961 g/mol. The molecule has 0 aromatic rings. The number of unbranched alkanes of at least 4 members (excludes halogenated alkanes) is 36. The fourth-order valence-electron chi connectivity index (χ4n) is 9.58. The van der Waals surface area contributed by atoms with Crippen LogP contribution in [-0.2, 0) is 28.6 Å². The molecule has 0 aliphatic heterocycles. The summed E-state index contributed by atoms with van der Waals surface area (Å²) in [5, 5.41) is 0. The zero-order valence-corrected chi connectivity index (χ0v) is 51.7. The zero-order valence-electron chi connectivity index (χ0n) is 51.7. The third-order valence-corrected chi connectivity index (χ3v) is 14.6. The summed E-state index contributed by atoms with van der Waals surface area (Å²) in [5.74, 6) is -0.877. The predicted molar refractivity (Wildman–Crippen MR) is 339 cm³/mol. The molecule has 0 bridgehead atoms. The highest BCUT2D eigenvalue weighted by molar-refractivity contribution is 5.71. The molecular formula is C72H126O6. The van der Waals surface area contributed by atoms with E-state index in [9.17, 15) is 14.4 Å². The fraction of sp³-hybridized carbons (Fsp3) is 0.764. The Hall–Kier alpha value is -3.41. The Morgan fingerprint density at radius 3 is 0.795 bits per heavy atom. The number of rotatable bonds is 61. The van der Waals surface area contributed by atoms with Gasteiger partial charge in [0.2, 0.25) is 0 Å². The van der Waals surface area contributed by atoms with E-state index in [0.717, 1.165) is 96.3 Å². The van der Waals surface area contributed by atoms with Gasteiger partial charge in [0.25, 0.3) is 0 Å². The lowest BCUT2D eigenvalue weighted by Crippen LogP contribution is -2.30. The third-order valence-electron chi connectivity index (χ3n) is 14.6. The Labute approximate surface area is 484 Å². The van der Waals surface area contributed by atoms with Crippen molar-refractivity contribution >= 4 is 17.9 Å². The van der Waals surface area contributed by atoms with Crippen LogP contribution in [0.15, 0.2) is 85.1 Å². The third kappa shape index (κ3) is 63.4. The van der Waals surface area contributed by atoms with Gasteiger partial charge in [-0.05, 0) is 116 Å². The second-order valence-corrected chi connectivity index (χ2v) is 22.3. The molecule has 0 N–H and O–H groups in total. The molecule has 0 aromatic heterocycles. The van der Waals surface area contributed by atoms with E-state index in [1.165, 1.54) is 199 Å². The second kappa shape index (κ2) is 66.1. The first-order valence-electron chi connectivity index (χ1n) is 33.6. The summed E-state index contributed by atoms with van der Waals surface area (Å²) < 4.78 is 16.9. The van der Waals surface area contributed by atoms with E-state index in [-0.39, 0.29) is 31.1 Å². The number of esters is 3. The molecule has 1 atom stereocenters. The van der Waals surface area contributed by atoms with Crippen LogP contribution in [0.2, 0.25) is 0 Å². The number of ether oxygens (including phenoxy) is 3. The van der Waals surface area contributed by atoms with Crippen LogP contribution < -0.4 is 0 Å². The minimum Gasteiger partial charge on any atom is -0.462 e. The highest BCUT2D eigenvalue weighted by atomic mass is 16.6. The minimum atomic E-state index is -0.782. The predicted octanol–water partition coefficient (Wildman–Crippen LogP) is 23.1. The van der Waals surface area contributed by atoms with E-state index in [1.54, 1.807) is 0 Å². The van der Waals surface area contributed by atoms with Crippen LogP contribution in [0.1, 0.15) is 335 Å². The van der Waals surface area contributed by atoms with Crippen molar-refractivity contribution in [1.29, 1.82) is 0 Å². The van der Waals surface area contributed by atoms with E-state index in [2.05, 4.69) is 106 Å². The molecule has 0 aliphatic rings. The highest BCUT2D eigenvalue weighted by Crippen LogP contribution is 2.17. The highest BCUT2D eigenvalue weighted by Gasteiger charge is 2.19. The quantitative estimate of drug-likeness (QED) is 0.0261. The molecule has 0 aromatic carbocycles. The summed E-state index contributed by atoms with van der Waals surface area (Å²) in [5.41, 5.74) is 0. The molecule has 0 spiro atoms. The van der Waals surface area contributed by atoms with E-state index >= 15 is 0 Å². The van der Waals surface area contributed by atoms with Crippen molar-refractivity contribution in [2.45, 2.75) is 341 Å². The maximum absolute atomic E-state index is 12.9. The summed E-state index contributed by atoms with van der Waals surface area (Å²) >= 11 is 0. The lowest BCUT2D eigenvalue weighted by Gasteiger charge is -2.18. The van der Waals surface area contributed by atoms with E-state index in [1.807, 2.05) is 0 Å². The molecule has 0 aliphatic carbocycles. The van der Waals surface area contributed by atoms with Gasteiger partial charge < -0.3 is 14.2 Å². The van der Waals surface area contributed by atoms with E-state index in [0.29, 0.717) is 19.3 Å². The van der Waals surface area contributed by atoms with Gasteiger partial charge in [0.05, 0.1) is 0 Å². The fourth-order valence-corrected chi connectivity index (χ4v) is 9.58. The van der Waals surface area contributed by atoms with Gasteiger partial charge in [0.1, 0.15) is 13.2 Å². The van der Waals surface area contributed by atoms with Gasteiger partial charge in [0, 0.05) is 19.3 Å². The monoisotopic (exact) mass is 1090 g/mol. The molecule has 0 saturated heterocycles. The number of carbonyl (C=O) groups excluding carboxylic acids is 3. The largest absolute Gasteiger partial charge is 0.462 e. The number of carbonyl (C=O) groups is 3. The lowest BCUT2D eigenvalue weighted by atomic mass is 10.0. The van der Waals surface area contributed by atoms with Gasteiger partial charge in [0.15, 0.2) is 6.10 Å². The van der Waals surface area contributed by atoms with Crippen molar-refractivity contribution in [2.75, 3.05) is 13.2 Å². The molecule has 0 rings (SSSR count). The van der Waals surface area contributed by atoms with Gasteiger partial charge in [-0.15, -0.1) is 0 Å². The molecule has 78 heavy (non-hydrogen) atoms. The Kier molecular flexibility index (Phi) is 63.2. The van der Waals surface area contributed by atoms with Crippen LogP contribution >= 0.6 is 0 Å². The Morgan fingerprint density at radius 2 is 0.500 bits per heavy atom. The lowest BCUT2D eigenvalue weighted by molar-refractivity contribution is -0.167. The smallest absolute Gasteiger partial charge is 0.306 e. The average Bonchev–Trinajstić information content (AvgIpc) is 3.44. The van der Waals surface area contributed by atoms with Gasteiger partial charge in [-0.3, -0.25) is 14.4 Å². The minimum absolute atomic E-state index is 0.0779. The number of hydrogen-bond acceptors (Lipinski definition) is 6. The van der Waals surface area contributed by atoms with Crippen LogP contribution in [0.5, 0.6) is 0 Å². The summed E-state index contributed by atoms with van der Waals surface area (Å²) in [4.78, 5) is 38.3. The van der Waals surface area contributed by atoms with Crippen LogP contribution in [0.25, 0.3) is 0 Å². The molecule has 1 unspecified atom stereocenters.